The summed E-state index contributed by atoms with van der Waals surface area (Å²) in [5.41, 5.74) is 2.10. The molecule has 0 aliphatic heterocycles. The first-order chi connectivity index (χ1) is 13.0. The Morgan fingerprint density at radius 1 is 1.30 bits per heavy atom. The number of anilines is 1. The Morgan fingerprint density at radius 2 is 2.04 bits per heavy atom. The molecule has 1 aromatic carbocycles. The lowest BCUT2D eigenvalue weighted by atomic mass is 10.1. The van der Waals surface area contributed by atoms with Crippen LogP contribution < -0.4 is 5.32 Å². The molecule has 0 saturated heterocycles. The molecule has 0 fully saturated rings. The number of hydrogen-bond donors (Lipinski definition) is 1. The van der Waals surface area contributed by atoms with E-state index in [0.717, 1.165) is 29.7 Å². The van der Waals surface area contributed by atoms with Gasteiger partial charge in [0.15, 0.2) is 0 Å². The van der Waals surface area contributed by atoms with Crippen LogP contribution in [0.1, 0.15) is 39.7 Å². The highest BCUT2D eigenvalue weighted by atomic mass is 32.1. The molecule has 0 saturated carbocycles. The van der Waals surface area contributed by atoms with Crippen molar-refractivity contribution < 1.29 is 19.2 Å². The lowest BCUT2D eigenvalue weighted by Gasteiger charge is -2.06. The zero-order valence-electron chi connectivity index (χ0n) is 14.7. The number of thiophene rings is 1. The predicted octanol–water partition coefficient (Wildman–Crippen LogP) is 3.97. The Kier molecular flexibility index (Phi) is 5.66. The van der Waals surface area contributed by atoms with Crippen LogP contribution in [0.5, 0.6) is 0 Å². The van der Waals surface area contributed by atoms with Crippen LogP contribution in [-0.2, 0) is 22.4 Å². The maximum Gasteiger partial charge on any atom is 0.341 e. The zero-order chi connectivity index (χ0) is 19.4. The molecule has 0 spiro atoms. The number of aryl methyl sites for hydroxylation is 1. The van der Waals surface area contributed by atoms with Gasteiger partial charge in [-0.2, -0.15) is 0 Å². The van der Waals surface area contributed by atoms with E-state index in [0.29, 0.717) is 16.1 Å². The smallest absolute Gasteiger partial charge is 0.341 e. The topological polar surface area (TPSA) is 98.5 Å². The van der Waals surface area contributed by atoms with Crippen molar-refractivity contribution >= 4 is 40.0 Å². The first-order valence-electron chi connectivity index (χ1n) is 8.54. The maximum absolute atomic E-state index is 12.3. The highest BCUT2D eigenvalue weighted by Crippen LogP contribution is 2.39. The van der Waals surface area contributed by atoms with Gasteiger partial charge in [0, 0.05) is 23.1 Å². The lowest BCUT2D eigenvalue weighted by molar-refractivity contribution is -0.384. The Balaban J connectivity index is 1.74. The fraction of sp³-hybridized carbons (Fsp3) is 0.263. The van der Waals surface area contributed by atoms with E-state index in [-0.39, 0.29) is 18.2 Å². The van der Waals surface area contributed by atoms with E-state index in [2.05, 4.69) is 5.32 Å². The standard InChI is InChI=1S/C19H18N2O5S/c1-2-26-19(23)17-14-4-3-5-15(14)27-18(17)20-16(22)11-8-12-6-9-13(10-7-12)21(24)25/h6-11H,2-5H2,1H3,(H,20,22)/b11-8+. The highest BCUT2D eigenvalue weighted by molar-refractivity contribution is 7.17. The van der Waals surface area contributed by atoms with Crippen molar-refractivity contribution in [2.24, 2.45) is 0 Å². The molecule has 2 aromatic rings. The zero-order valence-corrected chi connectivity index (χ0v) is 15.5. The van der Waals surface area contributed by atoms with Gasteiger partial charge in [-0.25, -0.2) is 4.79 Å². The fourth-order valence-electron chi connectivity index (χ4n) is 2.94. The van der Waals surface area contributed by atoms with Gasteiger partial charge in [0.1, 0.15) is 5.00 Å². The lowest BCUT2D eigenvalue weighted by Crippen LogP contribution is -2.13. The van der Waals surface area contributed by atoms with Crippen LogP contribution in [0.3, 0.4) is 0 Å². The summed E-state index contributed by atoms with van der Waals surface area (Å²) in [6.07, 6.45) is 5.61. The molecule has 1 heterocycles. The molecule has 1 aliphatic rings. The molecular formula is C19H18N2O5S. The van der Waals surface area contributed by atoms with Gasteiger partial charge in [0.25, 0.3) is 5.69 Å². The van der Waals surface area contributed by atoms with Gasteiger partial charge in [-0.15, -0.1) is 11.3 Å². The largest absolute Gasteiger partial charge is 0.462 e. The SMILES string of the molecule is CCOC(=O)c1c(NC(=O)/C=C/c2ccc([N+](=O)[O-])cc2)sc2c1CCC2. The Labute approximate surface area is 159 Å². The number of hydrogen-bond acceptors (Lipinski definition) is 6. The van der Waals surface area contributed by atoms with Crippen LogP contribution in [0.15, 0.2) is 30.3 Å². The van der Waals surface area contributed by atoms with Crippen LogP contribution >= 0.6 is 11.3 Å². The molecule has 27 heavy (non-hydrogen) atoms. The summed E-state index contributed by atoms with van der Waals surface area (Å²) < 4.78 is 5.14. The summed E-state index contributed by atoms with van der Waals surface area (Å²) >= 11 is 1.42. The second-order valence-corrected chi connectivity index (χ2v) is 7.06. The van der Waals surface area contributed by atoms with Crippen LogP contribution in [0, 0.1) is 10.1 Å². The van der Waals surface area contributed by atoms with Crippen molar-refractivity contribution in [3.8, 4) is 0 Å². The molecule has 1 amide bonds. The number of rotatable bonds is 6. The van der Waals surface area contributed by atoms with E-state index >= 15 is 0 Å². The molecule has 140 valence electrons. The van der Waals surface area contributed by atoms with Crippen LogP contribution in [0.2, 0.25) is 0 Å². The summed E-state index contributed by atoms with van der Waals surface area (Å²) in [5, 5.41) is 13.9. The number of benzene rings is 1. The molecule has 0 radical (unpaired) electrons. The monoisotopic (exact) mass is 386 g/mol. The average molecular weight is 386 g/mol. The van der Waals surface area contributed by atoms with Crippen molar-refractivity contribution in [1.29, 1.82) is 0 Å². The summed E-state index contributed by atoms with van der Waals surface area (Å²) in [4.78, 5) is 35.9. The second-order valence-electron chi connectivity index (χ2n) is 5.95. The van der Waals surface area contributed by atoms with E-state index in [1.807, 2.05) is 0 Å². The first-order valence-corrected chi connectivity index (χ1v) is 9.36. The molecule has 8 heteroatoms. The first kappa shape index (κ1) is 18.8. The number of non-ortho nitro benzene ring substituents is 1. The average Bonchev–Trinajstić information content (AvgIpc) is 3.21. The Morgan fingerprint density at radius 3 is 2.70 bits per heavy atom. The van der Waals surface area contributed by atoms with Gasteiger partial charge in [-0.3, -0.25) is 14.9 Å². The van der Waals surface area contributed by atoms with Crippen molar-refractivity contribution in [2.75, 3.05) is 11.9 Å². The van der Waals surface area contributed by atoms with Gasteiger partial charge in [0.2, 0.25) is 5.91 Å². The third-order valence-corrected chi connectivity index (χ3v) is 5.38. The normalized spacial score (nSPS) is 12.8. The van der Waals surface area contributed by atoms with Crippen molar-refractivity contribution in [3.63, 3.8) is 0 Å². The number of amides is 1. The van der Waals surface area contributed by atoms with Crippen molar-refractivity contribution in [1.82, 2.24) is 0 Å². The number of nitro groups is 1. The number of esters is 1. The molecular weight excluding hydrogens is 368 g/mol. The molecule has 3 rings (SSSR count). The van der Waals surface area contributed by atoms with Crippen molar-refractivity contribution in [3.05, 3.63) is 62.0 Å². The summed E-state index contributed by atoms with van der Waals surface area (Å²) in [6.45, 7) is 2.02. The third kappa shape index (κ3) is 4.22. The number of ether oxygens (including phenoxy) is 1. The van der Waals surface area contributed by atoms with E-state index in [4.69, 9.17) is 4.74 Å². The highest BCUT2D eigenvalue weighted by Gasteiger charge is 2.27. The fourth-order valence-corrected chi connectivity index (χ4v) is 4.22. The minimum absolute atomic E-state index is 0.0104. The number of nitrogens with zero attached hydrogens (tertiary/aromatic N) is 1. The summed E-state index contributed by atoms with van der Waals surface area (Å²) in [7, 11) is 0. The third-order valence-electron chi connectivity index (χ3n) is 4.17. The number of nitro benzene ring substituents is 1. The number of fused-ring (bicyclic) bond motifs is 1. The molecule has 0 unspecified atom stereocenters. The van der Waals surface area contributed by atoms with Crippen molar-refractivity contribution in [2.45, 2.75) is 26.2 Å². The minimum atomic E-state index is -0.479. The van der Waals surface area contributed by atoms with E-state index in [1.54, 1.807) is 25.1 Å². The van der Waals surface area contributed by atoms with Gasteiger partial charge in [-0.1, -0.05) is 0 Å². The number of carbonyl (C=O) groups excluding carboxylic acids is 2. The van der Waals surface area contributed by atoms with E-state index < -0.39 is 10.9 Å². The second kappa shape index (κ2) is 8.13. The van der Waals surface area contributed by atoms with E-state index in [1.165, 1.54) is 29.5 Å². The van der Waals surface area contributed by atoms with Gasteiger partial charge in [-0.05, 0) is 55.5 Å². The molecule has 1 aromatic heterocycles. The number of nitrogens with one attached hydrogen (secondary N) is 1. The molecule has 0 atom stereocenters. The molecule has 1 aliphatic carbocycles. The minimum Gasteiger partial charge on any atom is -0.462 e. The molecule has 7 nitrogen and oxygen atoms in total. The van der Waals surface area contributed by atoms with E-state index in [9.17, 15) is 19.7 Å². The van der Waals surface area contributed by atoms with Gasteiger partial charge < -0.3 is 10.1 Å². The number of carbonyl (C=O) groups is 2. The summed E-state index contributed by atoms with van der Waals surface area (Å²) in [6, 6.07) is 5.87. The van der Waals surface area contributed by atoms with Gasteiger partial charge in [0.05, 0.1) is 17.1 Å². The predicted molar refractivity (Wildman–Crippen MR) is 103 cm³/mol. The van der Waals surface area contributed by atoms with Crippen LogP contribution in [-0.4, -0.2) is 23.4 Å². The summed E-state index contributed by atoms with van der Waals surface area (Å²) in [5.74, 6) is -0.787. The maximum atomic E-state index is 12.3. The Hall–Kier alpha value is -3.00. The van der Waals surface area contributed by atoms with Crippen LogP contribution in [0.25, 0.3) is 6.08 Å². The van der Waals surface area contributed by atoms with Gasteiger partial charge >= 0.3 is 5.97 Å². The van der Waals surface area contributed by atoms with Crippen LogP contribution in [0.4, 0.5) is 10.7 Å². The molecule has 1 N–H and O–H groups in total. The Bertz CT molecular complexity index is 915. The quantitative estimate of drug-likeness (QED) is 0.350. The molecule has 0 bridgehead atoms.